The summed E-state index contributed by atoms with van der Waals surface area (Å²) in [5, 5.41) is 0. The zero-order valence-electron chi connectivity index (χ0n) is 10.7. The van der Waals surface area contributed by atoms with Crippen LogP contribution in [0, 0.1) is 5.82 Å². The van der Waals surface area contributed by atoms with E-state index in [2.05, 4.69) is 0 Å². The molecule has 0 heterocycles. The van der Waals surface area contributed by atoms with E-state index in [0.717, 1.165) is 17.7 Å². The second kappa shape index (κ2) is 5.95. The number of alkyl halides is 3. The maximum Gasteiger partial charge on any atom is 0.454 e. The van der Waals surface area contributed by atoms with Gasteiger partial charge in [0, 0.05) is 11.6 Å². The van der Waals surface area contributed by atoms with Gasteiger partial charge in [-0.2, -0.15) is 13.2 Å². The third-order valence-electron chi connectivity index (χ3n) is 2.64. The lowest BCUT2D eigenvalue weighted by molar-refractivity contribution is -0.0885. The maximum absolute atomic E-state index is 13.3. The lowest BCUT2D eigenvalue weighted by Crippen LogP contribution is -2.22. The molecular formula is C15H10F4O2. The molecule has 21 heavy (non-hydrogen) atoms. The molecule has 2 nitrogen and oxygen atoms in total. The molecule has 0 aromatic heterocycles. The quantitative estimate of drug-likeness (QED) is 0.626. The van der Waals surface area contributed by atoms with E-state index in [-0.39, 0.29) is 12.4 Å². The molecule has 0 aliphatic rings. The summed E-state index contributed by atoms with van der Waals surface area (Å²) in [5.41, 5.74) is -0.0176. The Morgan fingerprint density at radius 3 is 2.33 bits per heavy atom. The third-order valence-corrected chi connectivity index (χ3v) is 2.64. The van der Waals surface area contributed by atoms with Gasteiger partial charge in [-0.15, -0.1) is 0 Å². The van der Waals surface area contributed by atoms with Crippen LogP contribution in [-0.2, 0) is 6.61 Å². The van der Waals surface area contributed by atoms with E-state index in [1.807, 2.05) is 0 Å². The molecule has 2 aromatic rings. The molecule has 110 valence electrons. The first-order valence-electron chi connectivity index (χ1n) is 5.95. The third kappa shape index (κ3) is 4.05. The van der Waals surface area contributed by atoms with Crippen molar-refractivity contribution in [3.05, 3.63) is 65.5 Å². The first kappa shape index (κ1) is 15.0. The molecule has 0 fully saturated rings. The summed E-state index contributed by atoms with van der Waals surface area (Å²) in [6.07, 6.45) is -5.05. The average Bonchev–Trinajstić information content (AvgIpc) is 2.44. The zero-order chi connectivity index (χ0) is 15.5. The number of carbonyl (C=O) groups is 1. The highest BCUT2D eigenvalue weighted by atomic mass is 19.4. The summed E-state index contributed by atoms with van der Waals surface area (Å²) in [4.78, 5) is 11.1. The Morgan fingerprint density at radius 2 is 1.71 bits per heavy atom. The Morgan fingerprint density at radius 1 is 1.05 bits per heavy atom. The number of carbonyl (C=O) groups excluding carboxylic acids is 1. The lowest BCUT2D eigenvalue weighted by Gasteiger charge is -2.09. The standard InChI is InChI=1S/C15H10F4O2/c16-12-6-11(14(20)15(17,18)19)7-13(8-12)21-9-10-4-2-1-3-5-10/h1-8H,9H2. The Hall–Kier alpha value is -2.37. The van der Waals surface area contributed by atoms with Crippen molar-refractivity contribution in [2.24, 2.45) is 0 Å². The van der Waals surface area contributed by atoms with E-state index in [9.17, 15) is 22.4 Å². The van der Waals surface area contributed by atoms with Crippen LogP contribution in [0.4, 0.5) is 17.6 Å². The second-order valence-electron chi connectivity index (χ2n) is 4.28. The van der Waals surface area contributed by atoms with Crippen molar-refractivity contribution in [2.45, 2.75) is 12.8 Å². The number of ketones is 1. The lowest BCUT2D eigenvalue weighted by atomic mass is 10.1. The molecule has 0 bridgehead atoms. The number of rotatable bonds is 4. The number of halogens is 4. The Labute approximate surface area is 118 Å². The Bertz CT molecular complexity index is 636. The fourth-order valence-electron chi connectivity index (χ4n) is 1.68. The predicted molar refractivity (Wildman–Crippen MR) is 67.6 cm³/mol. The fraction of sp³-hybridized carbons (Fsp3) is 0.133. The number of hydrogen-bond acceptors (Lipinski definition) is 2. The van der Waals surface area contributed by atoms with Crippen LogP contribution in [-0.4, -0.2) is 12.0 Å². The highest BCUT2D eigenvalue weighted by Crippen LogP contribution is 2.25. The van der Waals surface area contributed by atoms with Gasteiger partial charge < -0.3 is 4.74 Å². The summed E-state index contributed by atoms with van der Waals surface area (Å²) in [6, 6.07) is 11.2. The Balaban J connectivity index is 2.18. The molecule has 0 unspecified atom stereocenters. The average molecular weight is 298 g/mol. The second-order valence-corrected chi connectivity index (χ2v) is 4.28. The van der Waals surface area contributed by atoms with Gasteiger partial charge in [0.1, 0.15) is 18.2 Å². The maximum atomic E-state index is 13.3. The number of hydrogen-bond donors (Lipinski definition) is 0. The van der Waals surface area contributed by atoms with Gasteiger partial charge in [0.15, 0.2) is 0 Å². The van der Waals surface area contributed by atoms with Gasteiger partial charge in [0.05, 0.1) is 0 Å². The highest BCUT2D eigenvalue weighted by molar-refractivity contribution is 6.00. The van der Waals surface area contributed by atoms with Gasteiger partial charge in [0.2, 0.25) is 0 Å². The van der Waals surface area contributed by atoms with E-state index in [0.29, 0.717) is 6.07 Å². The zero-order valence-corrected chi connectivity index (χ0v) is 10.7. The van der Waals surface area contributed by atoms with Gasteiger partial charge in [-0.1, -0.05) is 30.3 Å². The summed E-state index contributed by atoms with van der Waals surface area (Å²) < 4.78 is 55.5. The summed E-state index contributed by atoms with van der Waals surface area (Å²) in [6.45, 7) is 0.0595. The van der Waals surface area contributed by atoms with Gasteiger partial charge >= 0.3 is 6.18 Å². The first-order valence-corrected chi connectivity index (χ1v) is 5.95. The van der Waals surface area contributed by atoms with Crippen LogP contribution >= 0.6 is 0 Å². The van der Waals surface area contributed by atoms with Crippen molar-refractivity contribution in [1.82, 2.24) is 0 Å². The minimum atomic E-state index is -5.05. The van der Waals surface area contributed by atoms with Crippen LogP contribution in [0.15, 0.2) is 48.5 Å². The minimum absolute atomic E-state index is 0.0595. The van der Waals surface area contributed by atoms with E-state index in [1.54, 1.807) is 30.3 Å². The molecule has 2 aromatic carbocycles. The largest absolute Gasteiger partial charge is 0.489 e. The molecule has 0 N–H and O–H groups in total. The van der Waals surface area contributed by atoms with Crippen molar-refractivity contribution < 1.29 is 27.1 Å². The van der Waals surface area contributed by atoms with Gasteiger partial charge in [-0.05, 0) is 17.7 Å². The van der Waals surface area contributed by atoms with Crippen LogP contribution in [0.5, 0.6) is 5.75 Å². The van der Waals surface area contributed by atoms with E-state index in [1.165, 1.54) is 0 Å². The molecule has 0 amide bonds. The molecule has 0 aliphatic heterocycles. The SMILES string of the molecule is O=C(c1cc(F)cc(OCc2ccccc2)c1)C(F)(F)F. The normalized spacial score (nSPS) is 11.2. The topological polar surface area (TPSA) is 26.3 Å². The first-order chi connectivity index (χ1) is 9.86. The molecule has 0 radical (unpaired) electrons. The van der Waals surface area contributed by atoms with Crippen molar-refractivity contribution >= 4 is 5.78 Å². The molecule has 0 aliphatic carbocycles. The van der Waals surface area contributed by atoms with Gasteiger partial charge in [-0.3, -0.25) is 4.79 Å². The summed E-state index contributed by atoms with van der Waals surface area (Å²) in [7, 11) is 0. The summed E-state index contributed by atoms with van der Waals surface area (Å²) >= 11 is 0. The molecule has 0 saturated heterocycles. The molecule has 0 spiro atoms. The number of ether oxygens (including phenoxy) is 1. The van der Waals surface area contributed by atoms with Crippen molar-refractivity contribution in [3.63, 3.8) is 0 Å². The van der Waals surface area contributed by atoms with Crippen LogP contribution in [0.25, 0.3) is 0 Å². The molecule has 2 rings (SSSR count). The van der Waals surface area contributed by atoms with E-state index in [4.69, 9.17) is 4.74 Å². The van der Waals surface area contributed by atoms with Crippen molar-refractivity contribution in [2.75, 3.05) is 0 Å². The van der Waals surface area contributed by atoms with E-state index >= 15 is 0 Å². The predicted octanol–water partition coefficient (Wildman–Crippen LogP) is 4.15. The molecule has 0 atom stereocenters. The number of benzene rings is 2. The van der Waals surface area contributed by atoms with Gasteiger partial charge in [-0.25, -0.2) is 4.39 Å². The summed E-state index contributed by atoms with van der Waals surface area (Å²) in [5.74, 6) is -3.20. The van der Waals surface area contributed by atoms with Crippen LogP contribution in [0.2, 0.25) is 0 Å². The smallest absolute Gasteiger partial charge is 0.454 e. The monoisotopic (exact) mass is 298 g/mol. The van der Waals surface area contributed by atoms with E-state index < -0.39 is 23.3 Å². The fourth-order valence-corrected chi connectivity index (χ4v) is 1.68. The Kier molecular flexibility index (Phi) is 4.26. The van der Waals surface area contributed by atoms with Crippen LogP contribution in [0.1, 0.15) is 15.9 Å². The molecule has 0 saturated carbocycles. The van der Waals surface area contributed by atoms with Crippen LogP contribution < -0.4 is 4.74 Å². The molecular weight excluding hydrogens is 288 g/mol. The van der Waals surface area contributed by atoms with Crippen molar-refractivity contribution in [3.8, 4) is 5.75 Å². The number of Topliss-reactive ketones (excluding diaryl/α,β-unsaturated/α-hetero) is 1. The molecule has 6 heteroatoms. The highest BCUT2D eigenvalue weighted by Gasteiger charge is 2.39. The minimum Gasteiger partial charge on any atom is -0.489 e. The van der Waals surface area contributed by atoms with Crippen LogP contribution in [0.3, 0.4) is 0 Å². The van der Waals surface area contributed by atoms with Gasteiger partial charge in [0.25, 0.3) is 5.78 Å². The van der Waals surface area contributed by atoms with Crippen molar-refractivity contribution in [1.29, 1.82) is 0 Å².